The average Bonchev–Trinajstić information content (AvgIpc) is 3.83. The van der Waals surface area contributed by atoms with Gasteiger partial charge in [-0.05, 0) is 70.8 Å². The lowest BCUT2D eigenvalue weighted by Gasteiger charge is -2.22. The molecule has 3 heterocycles. The van der Waals surface area contributed by atoms with Crippen molar-refractivity contribution in [3.8, 4) is 22.5 Å². The molecular weight excluding hydrogens is 601 g/mol. The molecule has 7 aromatic carbocycles. The zero-order chi connectivity index (χ0) is 31.7. The van der Waals surface area contributed by atoms with Crippen molar-refractivity contribution in [2.24, 2.45) is 0 Å². The molecule has 3 aromatic heterocycles. The number of thiophene rings is 1. The predicted octanol–water partition coefficient (Wildman–Crippen LogP) is 12.6. The van der Waals surface area contributed by atoms with E-state index in [0.29, 0.717) is 0 Å². The van der Waals surface area contributed by atoms with E-state index in [1.165, 1.54) is 97.4 Å². The van der Waals surface area contributed by atoms with Gasteiger partial charge in [-0.25, -0.2) is 0 Å². The summed E-state index contributed by atoms with van der Waals surface area (Å²) in [6, 6.07) is 54.2. The summed E-state index contributed by atoms with van der Waals surface area (Å²) in [5.74, 6) is 0. The van der Waals surface area contributed by atoms with E-state index in [-0.39, 0.29) is 5.41 Å². The molecule has 0 radical (unpaired) electrons. The molecule has 0 aliphatic heterocycles. The van der Waals surface area contributed by atoms with Gasteiger partial charge in [0.05, 0.1) is 26.8 Å². The summed E-state index contributed by atoms with van der Waals surface area (Å²) >= 11 is 1.90. The largest absolute Gasteiger partial charge is 0.309 e. The number of fused-ring (bicyclic) bond motifs is 13. The van der Waals surface area contributed by atoms with Crippen molar-refractivity contribution in [3.05, 3.63) is 157 Å². The van der Waals surface area contributed by atoms with E-state index in [1.807, 2.05) is 11.3 Å². The molecule has 1 aliphatic carbocycles. The van der Waals surface area contributed by atoms with Crippen molar-refractivity contribution in [1.29, 1.82) is 0 Å². The number of para-hydroxylation sites is 2. The number of aromatic nitrogens is 2. The van der Waals surface area contributed by atoms with Gasteiger partial charge < -0.3 is 9.13 Å². The van der Waals surface area contributed by atoms with Gasteiger partial charge in [0, 0.05) is 53.8 Å². The smallest absolute Gasteiger partial charge is 0.0719 e. The lowest BCUT2D eigenvalue weighted by molar-refractivity contribution is 0.660. The van der Waals surface area contributed by atoms with Crippen LogP contribution < -0.4 is 0 Å². The molecule has 0 bridgehead atoms. The van der Waals surface area contributed by atoms with Gasteiger partial charge in [-0.1, -0.05) is 111 Å². The fourth-order valence-electron chi connectivity index (χ4n) is 8.69. The third-order valence-electron chi connectivity index (χ3n) is 10.9. The van der Waals surface area contributed by atoms with E-state index >= 15 is 0 Å². The molecule has 3 heteroatoms. The second kappa shape index (κ2) is 9.25. The molecular formula is C45H30N2S. The summed E-state index contributed by atoms with van der Waals surface area (Å²) in [6.45, 7) is 4.73. The van der Waals surface area contributed by atoms with Gasteiger partial charge >= 0.3 is 0 Å². The molecule has 1 aliphatic rings. The van der Waals surface area contributed by atoms with E-state index < -0.39 is 0 Å². The maximum absolute atomic E-state index is 2.51. The highest BCUT2D eigenvalue weighted by Crippen LogP contribution is 2.50. The van der Waals surface area contributed by atoms with Crippen molar-refractivity contribution < 1.29 is 0 Å². The molecule has 0 fully saturated rings. The highest BCUT2D eigenvalue weighted by Gasteiger charge is 2.35. The summed E-state index contributed by atoms with van der Waals surface area (Å²) < 4.78 is 7.67. The van der Waals surface area contributed by atoms with E-state index in [0.717, 1.165) is 0 Å². The zero-order valence-electron chi connectivity index (χ0n) is 26.7. The summed E-state index contributed by atoms with van der Waals surface area (Å²) in [7, 11) is 0. The first-order valence-electron chi connectivity index (χ1n) is 16.7. The van der Waals surface area contributed by atoms with Crippen molar-refractivity contribution >= 4 is 75.1 Å². The Hall–Kier alpha value is -5.64. The van der Waals surface area contributed by atoms with Crippen LogP contribution in [0.3, 0.4) is 0 Å². The third kappa shape index (κ3) is 3.31. The average molecular weight is 631 g/mol. The first-order chi connectivity index (χ1) is 23.6. The Morgan fingerprint density at radius 3 is 2.02 bits per heavy atom. The van der Waals surface area contributed by atoms with Crippen molar-refractivity contribution in [2.45, 2.75) is 19.3 Å². The van der Waals surface area contributed by atoms with Crippen molar-refractivity contribution in [3.63, 3.8) is 0 Å². The lowest BCUT2D eigenvalue weighted by Crippen LogP contribution is -2.15. The monoisotopic (exact) mass is 630 g/mol. The molecule has 11 rings (SSSR count). The summed E-state index contributed by atoms with van der Waals surface area (Å²) in [6.07, 6.45) is 0. The number of nitrogens with zero attached hydrogens (tertiary/aromatic N) is 2. The second-order valence-electron chi connectivity index (χ2n) is 13.7. The minimum atomic E-state index is -0.0662. The Morgan fingerprint density at radius 1 is 0.438 bits per heavy atom. The van der Waals surface area contributed by atoms with Crippen LogP contribution in [0.4, 0.5) is 0 Å². The highest BCUT2D eigenvalue weighted by atomic mass is 32.1. The number of rotatable bonds is 2. The summed E-state index contributed by atoms with van der Waals surface area (Å²) in [5, 5.41) is 7.79. The quantitative estimate of drug-likeness (QED) is 0.180. The fraction of sp³-hybridized carbons (Fsp3) is 0.0667. The first kappa shape index (κ1) is 26.4. The topological polar surface area (TPSA) is 9.86 Å². The van der Waals surface area contributed by atoms with Gasteiger partial charge in [-0.15, -0.1) is 11.3 Å². The number of hydrogen-bond donors (Lipinski definition) is 0. The SMILES string of the molecule is CC1(C)c2ccccc2-c2ccc(-n3c4ccccc4c4cc5c6ccc7c8ccccc8sc7c6n(-c6ccccc6)c5cc43)cc21. The highest BCUT2D eigenvalue weighted by molar-refractivity contribution is 7.26. The zero-order valence-corrected chi connectivity index (χ0v) is 27.5. The normalized spacial score (nSPS) is 13.8. The van der Waals surface area contributed by atoms with Gasteiger partial charge in [0.2, 0.25) is 0 Å². The van der Waals surface area contributed by atoms with Crippen LogP contribution in [0.15, 0.2) is 146 Å². The summed E-state index contributed by atoms with van der Waals surface area (Å²) in [4.78, 5) is 0. The molecule has 0 saturated heterocycles. The van der Waals surface area contributed by atoms with Gasteiger partial charge in [-0.3, -0.25) is 0 Å². The predicted molar refractivity (Wildman–Crippen MR) is 206 cm³/mol. The third-order valence-corrected chi connectivity index (χ3v) is 12.1. The summed E-state index contributed by atoms with van der Waals surface area (Å²) in [5.41, 5.74) is 12.8. The van der Waals surface area contributed by atoms with Crippen LogP contribution >= 0.6 is 11.3 Å². The standard InChI is InChI=1S/C45H30N2S/c1-45(2)37-17-9-6-14-29(37)30-21-20-28(24-38(30)45)46-39-18-10-7-15-31(39)35-25-36-33-22-23-34-32-16-8-11-19-42(32)48-44(34)43(33)47(41(36)26-40(35)46)27-12-4-3-5-13-27/h3-26H,1-2H3. The Labute approximate surface area is 281 Å². The van der Waals surface area contributed by atoms with Crippen LogP contribution in [-0.2, 0) is 5.41 Å². The Bertz CT molecular complexity index is 2970. The van der Waals surface area contributed by atoms with Gasteiger partial charge in [-0.2, -0.15) is 0 Å². The van der Waals surface area contributed by atoms with Crippen LogP contribution in [0.1, 0.15) is 25.0 Å². The van der Waals surface area contributed by atoms with Gasteiger partial charge in [0.1, 0.15) is 0 Å². The molecule has 0 atom stereocenters. The maximum atomic E-state index is 2.51. The number of benzene rings is 7. The van der Waals surface area contributed by atoms with E-state index in [4.69, 9.17) is 0 Å². The Balaban J connectivity index is 1.27. The van der Waals surface area contributed by atoms with Crippen LogP contribution in [0.5, 0.6) is 0 Å². The molecule has 226 valence electrons. The molecule has 2 nitrogen and oxygen atoms in total. The maximum Gasteiger partial charge on any atom is 0.0719 e. The minimum absolute atomic E-state index is 0.0662. The van der Waals surface area contributed by atoms with Crippen molar-refractivity contribution in [1.82, 2.24) is 9.13 Å². The van der Waals surface area contributed by atoms with Gasteiger partial charge in [0.15, 0.2) is 0 Å². The first-order valence-corrected chi connectivity index (χ1v) is 17.5. The van der Waals surface area contributed by atoms with E-state index in [2.05, 4.69) is 169 Å². The van der Waals surface area contributed by atoms with Gasteiger partial charge in [0.25, 0.3) is 0 Å². The lowest BCUT2D eigenvalue weighted by atomic mass is 9.82. The Kier molecular flexibility index (Phi) is 5.09. The van der Waals surface area contributed by atoms with E-state index in [9.17, 15) is 0 Å². The molecule has 48 heavy (non-hydrogen) atoms. The van der Waals surface area contributed by atoms with Crippen LogP contribution in [0.2, 0.25) is 0 Å². The molecule has 10 aromatic rings. The second-order valence-corrected chi connectivity index (χ2v) is 14.8. The molecule has 0 amide bonds. The van der Waals surface area contributed by atoms with E-state index in [1.54, 1.807) is 0 Å². The minimum Gasteiger partial charge on any atom is -0.309 e. The molecule has 0 N–H and O–H groups in total. The molecule has 0 spiro atoms. The molecule has 0 saturated carbocycles. The fourth-order valence-corrected chi connectivity index (χ4v) is 9.93. The molecule has 0 unspecified atom stereocenters. The van der Waals surface area contributed by atoms with Crippen LogP contribution in [0, 0.1) is 0 Å². The van der Waals surface area contributed by atoms with Crippen LogP contribution in [0.25, 0.3) is 86.3 Å². The Morgan fingerprint density at radius 2 is 1.12 bits per heavy atom. The number of hydrogen-bond acceptors (Lipinski definition) is 1. The van der Waals surface area contributed by atoms with Crippen molar-refractivity contribution in [2.75, 3.05) is 0 Å². The van der Waals surface area contributed by atoms with Crippen LogP contribution in [-0.4, -0.2) is 9.13 Å².